The molecule has 0 aliphatic heterocycles. The second-order valence-electron chi connectivity index (χ2n) is 5.75. The number of hydrogen-bond donors (Lipinski definition) is 0. The van der Waals surface area contributed by atoms with Crippen molar-refractivity contribution in [3.8, 4) is 0 Å². The molecular formula is C22H13. The molecule has 5 rings (SSSR count). The fourth-order valence-corrected chi connectivity index (χ4v) is 3.50. The van der Waals surface area contributed by atoms with E-state index in [1.54, 1.807) is 0 Å². The molecule has 0 bridgehead atoms. The van der Waals surface area contributed by atoms with Gasteiger partial charge in [0.25, 0.3) is 0 Å². The van der Waals surface area contributed by atoms with E-state index in [1.165, 1.54) is 43.1 Å². The minimum atomic E-state index is 1.18. The Morgan fingerprint density at radius 2 is 1.18 bits per heavy atom. The Kier molecular flexibility index (Phi) is 2.31. The summed E-state index contributed by atoms with van der Waals surface area (Å²) >= 11 is 0. The summed E-state index contributed by atoms with van der Waals surface area (Å²) in [6, 6.07) is 31.6. The van der Waals surface area contributed by atoms with Gasteiger partial charge >= 0.3 is 0 Å². The molecule has 0 heterocycles. The summed E-state index contributed by atoms with van der Waals surface area (Å²) in [6.07, 6.45) is 0. The van der Waals surface area contributed by atoms with E-state index in [1.807, 2.05) is 0 Å². The Morgan fingerprint density at radius 3 is 2.05 bits per heavy atom. The second kappa shape index (κ2) is 4.32. The van der Waals surface area contributed by atoms with E-state index in [0.717, 1.165) is 0 Å². The summed E-state index contributed by atoms with van der Waals surface area (Å²) in [5.41, 5.74) is 0. The molecule has 0 aromatic heterocycles. The molecule has 0 N–H and O–H groups in total. The van der Waals surface area contributed by atoms with Crippen molar-refractivity contribution in [3.05, 3.63) is 84.9 Å². The van der Waals surface area contributed by atoms with Gasteiger partial charge in [-0.25, -0.2) is 0 Å². The molecule has 5 aromatic carbocycles. The molecule has 101 valence electrons. The molecule has 0 aliphatic carbocycles. The van der Waals surface area contributed by atoms with Gasteiger partial charge in [-0.05, 0) is 55.2 Å². The number of fused-ring (bicyclic) bond motifs is 7. The highest BCUT2D eigenvalue weighted by Gasteiger charge is 2.07. The van der Waals surface area contributed by atoms with Crippen molar-refractivity contribution in [3.63, 3.8) is 0 Å². The van der Waals surface area contributed by atoms with Crippen molar-refractivity contribution < 1.29 is 0 Å². The van der Waals surface area contributed by atoms with Crippen LogP contribution < -0.4 is 0 Å². The smallest absolute Gasteiger partial charge is 0.00203 e. The summed E-state index contributed by atoms with van der Waals surface area (Å²) in [4.78, 5) is 0. The van der Waals surface area contributed by atoms with Gasteiger partial charge in [0.15, 0.2) is 0 Å². The van der Waals surface area contributed by atoms with Crippen molar-refractivity contribution >= 4 is 43.1 Å². The largest absolute Gasteiger partial charge is 0.0616 e. The fourth-order valence-electron chi connectivity index (χ4n) is 3.50. The average Bonchev–Trinajstić information content (AvgIpc) is 2.60. The molecule has 0 saturated carbocycles. The van der Waals surface area contributed by atoms with Crippen molar-refractivity contribution in [2.75, 3.05) is 0 Å². The standard InChI is InChI=1S/C22H13/c1-3-7-18-15(5-1)11-14-21-20(18)13-12-17-10-9-16-6-2-4-8-19(16)22(17)21/h1-11,13-14H. The maximum Gasteiger partial charge on any atom is -0.00203 e. The summed E-state index contributed by atoms with van der Waals surface area (Å²) in [5, 5.41) is 10.2. The van der Waals surface area contributed by atoms with E-state index in [-0.39, 0.29) is 0 Å². The van der Waals surface area contributed by atoms with E-state index in [2.05, 4.69) is 84.9 Å². The lowest BCUT2D eigenvalue weighted by molar-refractivity contribution is 1.77. The molecule has 0 nitrogen and oxygen atoms in total. The maximum atomic E-state index is 3.48. The molecule has 0 atom stereocenters. The first-order chi connectivity index (χ1) is 10.9. The number of benzene rings is 5. The molecule has 22 heavy (non-hydrogen) atoms. The van der Waals surface area contributed by atoms with Crippen molar-refractivity contribution in [1.82, 2.24) is 0 Å². The van der Waals surface area contributed by atoms with E-state index in [9.17, 15) is 0 Å². The van der Waals surface area contributed by atoms with Gasteiger partial charge in [0.2, 0.25) is 0 Å². The quantitative estimate of drug-likeness (QED) is 0.300. The van der Waals surface area contributed by atoms with Gasteiger partial charge in [0.05, 0.1) is 0 Å². The molecule has 0 fully saturated rings. The average molecular weight is 277 g/mol. The predicted molar refractivity (Wildman–Crippen MR) is 95.3 cm³/mol. The first kappa shape index (κ1) is 11.8. The van der Waals surface area contributed by atoms with Crippen LogP contribution >= 0.6 is 0 Å². The van der Waals surface area contributed by atoms with Crippen LogP contribution in [0.3, 0.4) is 0 Å². The highest BCUT2D eigenvalue weighted by atomic mass is 14.1. The van der Waals surface area contributed by atoms with Gasteiger partial charge in [-0.3, -0.25) is 0 Å². The highest BCUT2D eigenvalue weighted by molar-refractivity contribution is 6.24. The van der Waals surface area contributed by atoms with E-state index >= 15 is 0 Å². The lowest BCUT2D eigenvalue weighted by Gasteiger charge is -2.10. The van der Waals surface area contributed by atoms with Crippen LogP contribution in [0.1, 0.15) is 0 Å². The Hall–Kier alpha value is -2.86. The minimum absolute atomic E-state index is 1.18. The normalized spacial score (nSPS) is 11.6. The van der Waals surface area contributed by atoms with Gasteiger partial charge < -0.3 is 0 Å². The van der Waals surface area contributed by atoms with Crippen molar-refractivity contribution in [1.29, 1.82) is 0 Å². The van der Waals surface area contributed by atoms with Crippen molar-refractivity contribution in [2.24, 2.45) is 0 Å². The predicted octanol–water partition coefficient (Wildman–Crippen LogP) is 6.10. The Balaban J connectivity index is 2.11. The molecule has 0 aliphatic rings. The lowest BCUT2D eigenvalue weighted by atomic mass is 9.94. The van der Waals surface area contributed by atoms with Crippen LogP contribution in [0.15, 0.2) is 78.9 Å². The summed E-state index contributed by atoms with van der Waals surface area (Å²) < 4.78 is 0. The Morgan fingerprint density at radius 1 is 0.500 bits per heavy atom. The fraction of sp³-hybridized carbons (Fsp3) is 0. The minimum Gasteiger partial charge on any atom is -0.0616 e. The zero-order valence-electron chi connectivity index (χ0n) is 12.0. The molecule has 0 amide bonds. The molecule has 0 saturated heterocycles. The molecule has 0 heteroatoms. The van der Waals surface area contributed by atoms with Crippen LogP contribution in [0.5, 0.6) is 0 Å². The zero-order valence-corrected chi connectivity index (χ0v) is 12.0. The second-order valence-corrected chi connectivity index (χ2v) is 5.75. The first-order valence-corrected chi connectivity index (χ1v) is 7.55. The Bertz CT molecular complexity index is 1170. The highest BCUT2D eigenvalue weighted by Crippen LogP contribution is 2.34. The van der Waals surface area contributed by atoms with Gasteiger partial charge in [-0.2, -0.15) is 0 Å². The van der Waals surface area contributed by atoms with Gasteiger partial charge in [-0.1, -0.05) is 72.8 Å². The Labute approximate surface area is 128 Å². The zero-order chi connectivity index (χ0) is 14.5. The van der Waals surface area contributed by atoms with Gasteiger partial charge in [-0.15, -0.1) is 0 Å². The molecule has 5 aromatic rings. The molecule has 0 spiro atoms. The SMILES string of the molecule is [c]1cc2c3ccccc3ccc2c2c1ccc1ccccc12. The topological polar surface area (TPSA) is 0 Å². The van der Waals surface area contributed by atoms with E-state index < -0.39 is 0 Å². The van der Waals surface area contributed by atoms with Crippen LogP contribution in [-0.4, -0.2) is 0 Å². The third kappa shape index (κ3) is 1.52. The maximum absolute atomic E-state index is 3.48. The molecule has 0 unspecified atom stereocenters. The van der Waals surface area contributed by atoms with Crippen LogP contribution in [-0.2, 0) is 0 Å². The van der Waals surface area contributed by atoms with Crippen molar-refractivity contribution in [2.45, 2.75) is 0 Å². The van der Waals surface area contributed by atoms with E-state index in [4.69, 9.17) is 0 Å². The first-order valence-electron chi connectivity index (χ1n) is 7.55. The third-order valence-electron chi connectivity index (χ3n) is 4.54. The summed E-state index contributed by atoms with van der Waals surface area (Å²) in [6.45, 7) is 0. The van der Waals surface area contributed by atoms with Crippen LogP contribution in [0.4, 0.5) is 0 Å². The van der Waals surface area contributed by atoms with Crippen LogP contribution in [0.25, 0.3) is 43.1 Å². The summed E-state index contributed by atoms with van der Waals surface area (Å²) in [7, 11) is 0. The monoisotopic (exact) mass is 277 g/mol. The van der Waals surface area contributed by atoms with Gasteiger partial charge in [0, 0.05) is 0 Å². The van der Waals surface area contributed by atoms with Gasteiger partial charge in [0.1, 0.15) is 0 Å². The van der Waals surface area contributed by atoms with E-state index in [0.29, 0.717) is 0 Å². The lowest BCUT2D eigenvalue weighted by Crippen LogP contribution is -1.83. The molecular weight excluding hydrogens is 264 g/mol. The third-order valence-corrected chi connectivity index (χ3v) is 4.54. The molecule has 1 radical (unpaired) electrons. The summed E-state index contributed by atoms with van der Waals surface area (Å²) in [5.74, 6) is 0. The van der Waals surface area contributed by atoms with Crippen LogP contribution in [0, 0.1) is 6.07 Å². The number of rotatable bonds is 0. The van der Waals surface area contributed by atoms with Crippen LogP contribution in [0.2, 0.25) is 0 Å². The number of hydrogen-bond acceptors (Lipinski definition) is 0.